The normalized spacial score (nSPS) is 10.3. The Labute approximate surface area is 105 Å². The number of rotatable bonds is 2. The van der Waals surface area contributed by atoms with Crippen LogP contribution in [-0.4, -0.2) is 4.98 Å². The summed E-state index contributed by atoms with van der Waals surface area (Å²) in [4.78, 5) is 4.06. The van der Waals surface area contributed by atoms with Gasteiger partial charge in [-0.15, -0.1) is 0 Å². The highest BCUT2D eigenvalue weighted by Crippen LogP contribution is 2.30. The standard InChI is InChI=1S/C13H13ClN2O/c1-8-3-4-9(2)12(5-8)17-13-11(14)6-10(15)7-16-13/h3-7H,15H2,1-2H3. The zero-order valence-corrected chi connectivity index (χ0v) is 10.5. The molecule has 0 radical (unpaired) electrons. The summed E-state index contributed by atoms with van der Waals surface area (Å²) in [6.07, 6.45) is 1.52. The molecule has 0 unspecified atom stereocenters. The molecule has 2 rings (SSSR count). The second-order valence-corrected chi connectivity index (χ2v) is 4.33. The van der Waals surface area contributed by atoms with Crippen molar-refractivity contribution in [3.8, 4) is 11.6 Å². The number of aromatic nitrogens is 1. The maximum Gasteiger partial charge on any atom is 0.238 e. The maximum atomic E-state index is 6.00. The van der Waals surface area contributed by atoms with Crippen molar-refractivity contribution in [1.29, 1.82) is 0 Å². The molecule has 0 aliphatic rings. The van der Waals surface area contributed by atoms with Gasteiger partial charge >= 0.3 is 0 Å². The molecule has 0 amide bonds. The van der Waals surface area contributed by atoms with Crippen molar-refractivity contribution >= 4 is 17.3 Å². The molecule has 1 aromatic heterocycles. The van der Waals surface area contributed by atoms with E-state index >= 15 is 0 Å². The molecule has 0 spiro atoms. The van der Waals surface area contributed by atoms with Crippen LogP contribution in [-0.2, 0) is 0 Å². The Balaban J connectivity index is 2.34. The lowest BCUT2D eigenvalue weighted by molar-refractivity contribution is 0.459. The molecular formula is C13H13ClN2O. The van der Waals surface area contributed by atoms with Crippen LogP contribution in [0.4, 0.5) is 5.69 Å². The molecule has 1 aromatic carbocycles. The number of aryl methyl sites for hydroxylation is 2. The number of nitrogens with two attached hydrogens (primary N) is 1. The second kappa shape index (κ2) is 4.63. The molecule has 3 nitrogen and oxygen atoms in total. The van der Waals surface area contributed by atoms with Gasteiger partial charge in [0.1, 0.15) is 10.8 Å². The second-order valence-electron chi connectivity index (χ2n) is 3.93. The van der Waals surface area contributed by atoms with Crippen molar-refractivity contribution in [2.24, 2.45) is 0 Å². The van der Waals surface area contributed by atoms with Gasteiger partial charge in [-0.2, -0.15) is 0 Å². The Morgan fingerprint density at radius 1 is 1.24 bits per heavy atom. The van der Waals surface area contributed by atoms with Gasteiger partial charge in [-0.1, -0.05) is 23.7 Å². The number of nitrogens with zero attached hydrogens (tertiary/aromatic N) is 1. The first-order valence-electron chi connectivity index (χ1n) is 5.22. The van der Waals surface area contributed by atoms with Crippen LogP contribution in [0.3, 0.4) is 0 Å². The van der Waals surface area contributed by atoms with Gasteiger partial charge in [0, 0.05) is 0 Å². The molecule has 4 heteroatoms. The van der Waals surface area contributed by atoms with E-state index in [1.807, 2.05) is 32.0 Å². The zero-order valence-electron chi connectivity index (χ0n) is 9.70. The largest absolute Gasteiger partial charge is 0.437 e. The van der Waals surface area contributed by atoms with Crippen LogP contribution in [0.1, 0.15) is 11.1 Å². The summed E-state index contributed by atoms with van der Waals surface area (Å²) in [5.41, 5.74) is 8.24. The van der Waals surface area contributed by atoms with Crippen LogP contribution in [0.15, 0.2) is 30.5 Å². The van der Waals surface area contributed by atoms with Gasteiger partial charge in [-0.25, -0.2) is 4.98 Å². The number of ether oxygens (including phenoxy) is 1. The van der Waals surface area contributed by atoms with Crippen LogP contribution in [0.25, 0.3) is 0 Å². The average molecular weight is 249 g/mol. The fourth-order valence-electron chi connectivity index (χ4n) is 1.44. The SMILES string of the molecule is Cc1ccc(C)c(Oc2ncc(N)cc2Cl)c1. The third-order valence-corrected chi connectivity index (χ3v) is 2.65. The number of pyridine rings is 1. The van der Waals surface area contributed by atoms with E-state index in [0.29, 0.717) is 16.6 Å². The maximum absolute atomic E-state index is 6.00. The van der Waals surface area contributed by atoms with E-state index in [9.17, 15) is 0 Å². The minimum absolute atomic E-state index is 0.370. The molecule has 1 heterocycles. The first-order valence-corrected chi connectivity index (χ1v) is 5.60. The topological polar surface area (TPSA) is 48.1 Å². The first kappa shape index (κ1) is 11.7. The Morgan fingerprint density at radius 3 is 2.71 bits per heavy atom. The first-order chi connectivity index (χ1) is 8.06. The van der Waals surface area contributed by atoms with E-state index in [1.165, 1.54) is 6.20 Å². The highest BCUT2D eigenvalue weighted by atomic mass is 35.5. The minimum Gasteiger partial charge on any atom is -0.437 e. The minimum atomic E-state index is 0.370. The Morgan fingerprint density at radius 2 is 2.00 bits per heavy atom. The lowest BCUT2D eigenvalue weighted by Gasteiger charge is -2.10. The molecule has 0 saturated heterocycles. The summed E-state index contributed by atoms with van der Waals surface area (Å²) in [6.45, 7) is 3.98. The molecular weight excluding hydrogens is 236 g/mol. The predicted molar refractivity (Wildman–Crippen MR) is 69.6 cm³/mol. The van der Waals surface area contributed by atoms with Gasteiger partial charge in [0.05, 0.1) is 11.9 Å². The zero-order chi connectivity index (χ0) is 12.4. The smallest absolute Gasteiger partial charge is 0.238 e. The predicted octanol–water partition coefficient (Wildman–Crippen LogP) is 3.73. The van der Waals surface area contributed by atoms with Gasteiger partial charge in [0.25, 0.3) is 0 Å². The van der Waals surface area contributed by atoms with E-state index in [2.05, 4.69) is 4.98 Å². The van der Waals surface area contributed by atoms with Crippen LogP contribution in [0, 0.1) is 13.8 Å². The Kier molecular flexibility index (Phi) is 3.20. The van der Waals surface area contributed by atoms with Crippen LogP contribution in [0.5, 0.6) is 11.6 Å². The van der Waals surface area contributed by atoms with Crippen LogP contribution < -0.4 is 10.5 Å². The fraction of sp³-hybridized carbons (Fsp3) is 0.154. The van der Waals surface area contributed by atoms with E-state index in [1.54, 1.807) is 6.07 Å². The Bertz CT molecular complexity index is 555. The monoisotopic (exact) mass is 248 g/mol. The van der Waals surface area contributed by atoms with Gasteiger partial charge < -0.3 is 10.5 Å². The van der Waals surface area contributed by atoms with E-state index in [4.69, 9.17) is 22.1 Å². The summed E-state index contributed by atoms with van der Waals surface area (Å²) in [7, 11) is 0. The van der Waals surface area contributed by atoms with Crippen molar-refractivity contribution in [3.05, 3.63) is 46.6 Å². The number of halogens is 1. The fourth-order valence-corrected chi connectivity index (χ4v) is 1.65. The summed E-state index contributed by atoms with van der Waals surface area (Å²) in [6, 6.07) is 7.59. The van der Waals surface area contributed by atoms with Crippen molar-refractivity contribution in [2.45, 2.75) is 13.8 Å². The molecule has 0 aliphatic carbocycles. The third-order valence-electron chi connectivity index (χ3n) is 2.38. The van der Waals surface area contributed by atoms with E-state index in [0.717, 1.165) is 16.9 Å². The molecule has 2 N–H and O–H groups in total. The summed E-state index contributed by atoms with van der Waals surface area (Å²) in [5, 5.41) is 0.408. The van der Waals surface area contributed by atoms with Crippen molar-refractivity contribution in [3.63, 3.8) is 0 Å². The quantitative estimate of drug-likeness (QED) is 0.881. The molecule has 2 aromatic rings. The number of anilines is 1. The average Bonchev–Trinajstić information content (AvgIpc) is 2.27. The van der Waals surface area contributed by atoms with Gasteiger partial charge in [0.2, 0.25) is 5.88 Å². The van der Waals surface area contributed by atoms with Gasteiger partial charge in [-0.3, -0.25) is 0 Å². The van der Waals surface area contributed by atoms with E-state index in [-0.39, 0.29) is 0 Å². The van der Waals surface area contributed by atoms with Gasteiger partial charge in [0.15, 0.2) is 0 Å². The number of hydrogen-bond donors (Lipinski definition) is 1. The number of hydrogen-bond acceptors (Lipinski definition) is 3. The van der Waals surface area contributed by atoms with Crippen LogP contribution in [0.2, 0.25) is 5.02 Å². The number of nitrogen functional groups attached to an aromatic ring is 1. The summed E-state index contributed by atoms with van der Waals surface area (Å²) < 4.78 is 5.68. The molecule has 0 bridgehead atoms. The molecule has 17 heavy (non-hydrogen) atoms. The molecule has 0 atom stereocenters. The van der Waals surface area contributed by atoms with Gasteiger partial charge in [-0.05, 0) is 37.1 Å². The number of benzene rings is 1. The highest BCUT2D eigenvalue weighted by Gasteiger charge is 2.07. The van der Waals surface area contributed by atoms with Crippen molar-refractivity contribution in [2.75, 3.05) is 5.73 Å². The summed E-state index contributed by atoms with van der Waals surface area (Å²) in [5.74, 6) is 1.12. The molecule has 0 fully saturated rings. The molecule has 0 saturated carbocycles. The lowest BCUT2D eigenvalue weighted by Crippen LogP contribution is -1.94. The molecule has 0 aliphatic heterocycles. The third kappa shape index (κ3) is 2.68. The summed E-state index contributed by atoms with van der Waals surface area (Å²) >= 11 is 6.00. The van der Waals surface area contributed by atoms with Crippen molar-refractivity contribution < 1.29 is 4.74 Å². The Hall–Kier alpha value is -1.74. The molecule has 88 valence electrons. The lowest BCUT2D eigenvalue weighted by atomic mass is 10.1. The van der Waals surface area contributed by atoms with E-state index < -0.39 is 0 Å². The highest BCUT2D eigenvalue weighted by molar-refractivity contribution is 6.32. The van der Waals surface area contributed by atoms with Crippen LogP contribution >= 0.6 is 11.6 Å². The van der Waals surface area contributed by atoms with Crippen molar-refractivity contribution in [1.82, 2.24) is 4.98 Å².